The molecule has 0 aromatic carbocycles. The number of pyridine rings is 1. The zero-order valence-corrected chi connectivity index (χ0v) is 24.2. The highest BCUT2D eigenvalue weighted by atomic mass is 28.4. The number of aromatic nitrogens is 1. The van der Waals surface area contributed by atoms with Crippen molar-refractivity contribution in [3.63, 3.8) is 0 Å². The first-order valence-corrected chi connectivity index (χ1v) is 18.4. The number of carboxylic acid groups (broad SMARTS) is 1. The van der Waals surface area contributed by atoms with Crippen molar-refractivity contribution in [1.29, 1.82) is 0 Å². The lowest BCUT2D eigenvalue weighted by Crippen LogP contribution is -2.41. The molecule has 0 saturated heterocycles. The van der Waals surface area contributed by atoms with Crippen molar-refractivity contribution in [2.45, 2.75) is 71.0 Å². The van der Waals surface area contributed by atoms with Gasteiger partial charge in [0.15, 0.2) is 32.3 Å². The summed E-state index contributed by atoms with van der Waals surface area (Å²) in [6.07, 6.45) is -0.879. The van der Waals surface area contributed by atoms with Crippen molar-refractivity contribution in [2.24, 2.45) is 0 Å². The minimum atomic E-state index is -1.89. The molecule has 1 aromatic heterocycles. The van der Waals surface area contributed by atoms with Gasteiger partial charge in [0.2, 0.25) is 0 Å². The number of ether oxygens (including phenoxy) is 2. The molecule has 0 saturated carbocycles. The second kappa shape index (κ2) is 11.6. The first kappa shape index (κ1) is 28.8. The summed E-state index contributed by atoms with van der Waals surface area (Å²) in [5, 5.41) is 9.80. The van der Waals surface area contributed by atoms with Gasteiger partial charge in [0, 0.05) is 33.8 Å². The zero-order chi connectivity index (χ0) is 26.4. The van der Waals surface area contributed by atoms with E-state index in [0.717, 1.165) is 10.9 Å². The number of fused-ring (bicyclic) bond motifs is 1. The Morgan fingerprint density at radius 2 is 1.91 bits per heavy atom. The second-order valence-electron chi connectivity index (χ2n) is 11.2. The third kappa shape index (κ3) is 8.35. The number of rotatable bonds is 9. The van der Waals surface area contributed by atoms with Gasteiger partial charge >= 0.3 is 6.09 Å². The number of carbonyl (C=O) groups is 2. The van der Waals surface area contributed by atoms with Crippen LogP contribution in [0.15, 0.2) is 12.1 Å². The Morgan fingerprint density at radius 3 is 2.51 bits per heavy atom. The summed E-state index contributed by atoms with van der Waals surface area (Å²) < 4.78 is 17.3. The molecule has 0 bridgehead atoms. The van der Waals surface area contributed by atoms with Crippen LogP contribution in [0.5, 0.6) is 5.75 Å². The van der Waals surface area contributed by atoms with E-state index in [2.05, 4.69) is 70.5 Å². The van der Waals surface area contributed by atoms with Crippen molar-refractivity contribution in [3.8, 4) is 17.7 Å². The van der Waals surface area contributed by atoms with Gasteiger partial charge in [0.05, 0.1) is 0 Å². The van der Waals surface area contributed by atoms with Crippen molar-refractivity contribution in [1.82, 2.24) is 4.98 Å². The molecule has 0 aliphatic carbocycles. The van der Waals surface area contributed by atoms with Crippen LogP contribution in [0.4, 0.5) is 16.4 Å². The molecule has 11 heteroatoms. The molecule has 1 aliphatic heterocycles. The number of hydrogen-bond donors (Lipinski definition) is 1. The summed E-state index contributed by atoms with van der Waals surface area (Å²) in [7, 11) is -3.17. The van der Waals surface area contributed by atoms with E-state index >= 15 is 0 Å². The third-order valence-electron chi connectivity index (χ3n) is 6.06. The Hall–Kier alpha value is -2.40. The number of amides is 2. The van der Waals surface area contributed by atoms with Crippen LogP contribution < -0.4 is 14.5 Å². The van der Waals surface area contributed by atoms with Gasteiger partial charge in [-0.25, -0.2) is 9.78 Å². The summed E-state index contributed by atoms with van der Waals surface area (Å²) in [6.45, 7) is 18.4. The molecule has 35 heavy (non-hydrogen) atoms. The molecule has 1 N–H and O–H groups in total. The van der Waals surface area contributed by atoms with E-state index in [-0.39, 0.29) is 35.9 Å². The van der Waals surface area contributed by atoms with Crippen molar-refractivity contribution in [2.75, 3.05) is 36.4 Å². The molecule has 2 amide bonds. The van der Waals surface area contributed by atoms with Gasteiger partial charge in [-0.15, -0.1) is 0 Å². The maximum Gasteiger partial charge on any atom is 0.425 e. The monoisotopic (exact) mass is 521 g/mol. The SMILES string of the molecule is CC(C)(C)[Si](C)(C)OCCC#CN(C(=O)O)c1ccc2c(n1)N(COCC[Si](C)(C)C)C(=O)CO2. The lowest BCUT2D eigenvalue weighted by molar-refractivity contribution is -0.122. The maximum atomic E-state index is 12.5. The Kier molecular flexibility index (Phi) is 9.52. The minimum Gasteiger partial charge on any atom is -0.480 e. The molecular formula is C24H39N3O6Si2. The van der Waals surface area contributed by atoms with Gasteiger partial charge in [-0.3, -0.25) is 9.69 Å². The van der Waals surface area contributed by atoms with Crippen molar-refractivity contribution < 1.29 is 28.6 Å². The van der Waals surface area contributed by atoms with Crippen molar-refractivity contribution >= 4 is 40.0 Å². The van der Waals surface area contributed by atoms with Crippen LogP contribution in [0, 0.1) is 12.0 Å². The lowest BCUT2D eigenvalue weighted by Gasteiger charge is -2.35. The predicted molar refractivity (Wildman–Crippen MR) is 142 cm³/mol. The quantitative estimate of drug-likeness (QED) is 0.212. The summed E-state index contributed by atoms with van der Waals surface area (Å²) in [6, 6.07) is 6.72. The van der Waals surface area contributed by atoms with E-state index in [9.17, 15) is 14.7 Å². The van der Waals surface area contributed by atoms with Gasteiger partial charge < -0.3 is 19.0 Å². The first-order valence-electron chi connectivity index (χ1n) is 11.8. The van der Waals surface area contributed by atoms with Gasteiger partial charge in [-0.05, 0) is 36.3 Å². The van der Waals surface area contributed by atoms with Crippen LogP contribution in [-0.2, 0) is 14.0 Å². The second-order valence-corrected chi connectivity index (χ2v) is 21.6. The van der Waals surface area contributed by atoms with Gasteiger partial charge in [0.25, 0.3) is 5.91 Å². The Morgan fingerprint density at radius 1 is 1.23 bits per heavy atom. The Bertz CT molecular complexity index is 976. The molecule has 0 spiro atoms. The van der Waals surface area contributed by atoms with Gasteiger partial charge in [0.1, 0.15) is 6.73 Å². The molecule has 0 fully saturated rings. The summed E-state index contributed by atoms with van der Waals surface area (Å²) in [5.74, 6) is 3.26. The van der Waals surface area contributed by atoms with Gasteiger partial charge in [-0.1, -0.05) is 46.3 Å². The molecule has 0 atom stereocenters. The molecule has 9 nitrogen and oxygen atoms in total. The van der Waals surface area contributed by atoms with E-state index < -0.39 is 22.5 Å². The molecule has 2 heterocycles. The number of nitrogens with zero attached hydrogens (tertiary/aromatic N) is 3. The van der Waals surface area contributed by atoms with Crippen LogP contribution in [0.25, 0.3) is 0 Å². The average Bonchev–Trinajstić information content (AvgIpc) is 2.72. The first-order chi connectivity index (χ1) is 16.1. The summed E-state index contributed by atoms with van der Waals surface area (Å²) in [4.78, 5) is 31.0. The average molecular weight is 522 g/mol. The number of anilines is 2. The van der Waals surface area contributed by atoms with Crippen molar-refractivity contribution in [3.05, 3.63) is 12.1 Å². The maximum absolute atomic E-state index is 12.5. The van der Waals surface area contributed by atoms with Crippen LogP contribution >= 0.6 is 0 Å². The molecule has 0 unspecified atom stereocenters. The third-order valence-corrected chi connectivity index (χ3v) is 12.3. The summed E-state index contributed by atoms with van der Waals surface area (Å²) in [5.41, 5.74) is 0. The normalized spacial score (nSPS) is 14.1. The minimum absolute atomic E-state index is 0.0274. The fourth-order valence-electron chi connectivity index (χ4n) is 2.77. The molecule has 2 rings (SSSR count). The van der Waals surface area contributed by atoms with E-state index in [0.29, 0.717) is 25.4 Å². The number of hydrogen-bond acceptors (Lipinski definition) is 6. The van der Waals surface area contributed by atoms with Crippen LogP contribution in [0.1, 0.15) is 27.2 Å². The molecular weight excluding hydrogens is 482 g/mol. The molecule has 1 aromatic rings. The number of carbonyl (C=O) groups excluding carboxylic acids is 1. The Labute approximate surface area is 210 Å². The molecule has 1 aliphatic rings. The molecule has 194 valence electrons. The fraction of sp³-hybridized carbons (Fsp3) is 0.625. The topological polar surface area (TPSA) is 101 Å². The largest absolute Gasteiger partial charge is 0.480 e. The van der Waals surface area contributed by atoms with E-state index in [1.807, 2.05) is 0 Å². The van der Waals surface area contributed by atoms with Crippen LogP contribution in [0.3, 0.4) is 0 Å². The van der Waals surface area contributed by atoms with E-state index in [1.165, 1.54) is 11.0 Å². The highest BCUT2D eigenvalue weighted by molar-refractivity contribution is 6.76. The summed E-state index contributed by atoms with van der Waals surface area (Å²) >= 11 is 0. The zero-order valence-electron chi connectivity index (χ0n) is 22.2. The highest BCUT2D eigenvalue weighted by Gasteiger charge is 2.36. The Balaban J connectivity index is 2.13. The standard InChI is InChI=1S/C24H39N3O6Si2/c1-24(2,3)35(7,8)33-14-10-9-13-26(23(29)30)20-12-11-19-22(25-20)27(21(28)17-32-19)18-31-15-16-34(4,5)6/h11-12H,10,14-18H2,1-8H3,(H,29,30). The highest BCUT2D eigenvalue weighted by Crippen LogP contribution is 2.36. The lowest BCUT2D eigenvalue weighted by atomic mass is 10.2. The van der Waals surface area contributed by atoms with Crippen LogP contribution in [0.2, 0.25) is 43.8 Å². The van der Waals surface area contributed by atoms with E-state index in [1.54, 1.807) is 6.07 Å². The molecule has 0 radical (unpaired) electrons. The predicted octanol–water partition coefficient (Wildman–Crippen LogP) is 4.98. The van der Waals surface area contributed by atoms with Gasteiger partial charge in [-0.2, -0.15) is 4.90 Å². The van der Waals surface area contributed by atoms with E-state index in [4.69, 9.17) is 13.9 Å². The fourth-order valence-corrected chi connectivity index (χ4v) is 4.57. The smallest absolute Gasteiger partial charge is 0.425 e. The van der Waals surface area contributed by atoms with Crippen LogP contribution in [-0.4, -0.2) is 65.0 Å².